The normalized spacial score (nSPS) is 12.4. The quantitative estimate of drug-likeness (QED) is 0.785. The van der Waals surface area contributed by atoms with Gasteiger partial charge < -0.3 is 5.11 Å². The summed E-state index contributed by atoms with van der Waals surface area (Å²) in [6.07, 6.45) is 0.0923. The Balaban J connectivity index is 2.18. The summed E-state index contributed by atoms with van der Waals surface area (Å²) in [5, 5.41) is 10.9. The molecule has 1 atom stereocenters. The van der Waals surface area contributed by atoms with E-state index in [1.807, 2.05) is 18.2 Å². The summed E-state index contributed by atoms with van der Waals surface area (Å²) in [5.74, 6) is 0. The minimum atomic E-state index is -0.515. The lowest BCUT2D eigenvalue weighted by Crippen LogP contribution is -2.04. The van der Waals surface area contributed by atoms with E-state index in [1.54, 1.807) is 0 Å². The number of rotatable bonds is 3. The molecule has 18 heavy (non-hydrogen) atoms. The van der Waals surface area contributed by atoms with E-state index in [4.69, 9.17) is 11.6 Å². The number of hydrogen-bond acceptors (Lipinski definition) is 1. The molecule has 2 rings (SSSR count). The Kier molecular flexibility index (Phi) is 4.65. The van der Waals surface area contributed by atoms with Gasteiger partial charge in [0.05, 0.1) is 6.10 Å². The molecule has 0 fully saturated rings. The monoisotopic (exact) mass is 372 g/mol. The Morgan fingerprint density at radius 1 is 1.17 bits per heavy atom. The number of aliphatic hydroxyl groups is 1. The minimum Gasteiger partial charge on any atom is -0.388 e. The summed E-state index contributed by atoms with van der Waals surface area (Å²) >= 11 is 8.19. The molecule has 94 valence electrons. The molecule has 2 aromatic carbocycles. The zero-order valence-electron chi connectivity index (χ0n) is 10.0. The minimum absolute atomic E-state index is 0.515. The van der Waals surface area contributed by atoms with Gasteiger partial charge in [0.15, 0.2) is 0 Å². The molecule has 3 heteroatoms. The molecule has 0 bridgehead atoms. The number of benzene rings is 2. The fraction of sp³-hybridized carbons (Fsp3) is 0.200. The maximum Gasteiger partial charge on any atom is 0.0841 e. The van der Waals surface area contributed by atoms with Crippen LogP contribution >= 0.6 is 34.2 Å². The molecule has 0 amide bonds. The van der Waals surface area contributed by atoms with Crippen LogP contribution in [0.5, 0.6) is 0 Å². The third kappa shape index (κ3) is 3.46. The van der Waals surface area contributed by atoms with Gasteiger partial charge >= 0.3 is 0 Å². The van der Waals surface area contributed by atoms with Crippen LogP contribution in [0.3, 0.4) is 0 Å². The van der Waals surface area contributed by atoms with Crippen LogP contribution in [-0.4, -0.2) is 5.11 Å². The van der Waals surface area contributed by atoms with Crippen molar-refractivity contribution >= 4 is 34.2 Å². The lowest BCUT2D eigenvalue weighted by Gasteiger charge is -2.13. The van der Waals surface area contributed by atoms with Crippen LogP contribution in [0.25, 0.3) is 0 Å². The molecule has 1 nitrogen and oxygen atoms in total. The summed E-state index contributed by atoms with van der Waals surface area (Å²) in [4.78, 5) is 0. The van der Waals surface area contributed by atoms with Crippen molar-refractivity contribution < 1.29 is 5.11 Å². The highest BCUT2D eigenvalue weighted by molar-refractivity contribution is 14.1. The highest BCUT2D eigenvalue weighted by atomic mass is 127. The highest BCUT2D eigenvalue weighted by Crippen LogP contribution is 2.26. The van der Waals surface area contributed by atoms with Gasteiger partial charge in [-0.25, -0.2) is 0 Å². The lowest BCUT2D eigenvalue weighted by atomic mass is 10.0. The van der Waals surface area contributed by atoms with Crippen LogP contribution in [0, 0.1) is 10.5 Å². The molecule has 0 heterocycles. The van der Waals surface area contributed by atoms with Crippen molar-refractivity contribution in [3.8, 4) is 0 Å². The molecule has 0 saturated heterocycles. The Bertz CT molecular complexity index is 537. The summed E-state index contributed by atoms with van der Waals surface area (Å²) in [7, 11) is 0. The van der Waals surface area contributed by atoms with E-state index in [9.17, 15) is 5.11 Å². The second-order valence-electron chi connectivity index (χ2n) is 4.37. The number of halogens is 2. The van der Waals surface area contributed by atoms with Gasteiger partial charge in [0.2, 0.25) is 0 Å². The van der Waals surface area contributed by atoms with Crippen LogP contribution in [0.2, 0.25) is 5.02 Å². The first-order valence-corrected chi connectivity index (χ1v) is 7.20. The maximum atomic E-state index is 10.3. The van der Waals surface area contributed by atoms with Crippen molar-refractivity contribution in [1.82, 2.24) is 0 Å². The molecule has 0 aliphatic carbocycles. The topological polar surface area (TPSA) is 20.2 Å². The second-order valence-corrected chi connectivity index (χ2v) is 5.97. The molecule has 0 aliphatic rings. The molecule has 2 aromatic rings. The van der Waals surface area contributed by atoms with E-state index in [1.165, 1.54) is 5.56 Å². The molecule has 0 spiro atoms. The maximum absolute atomic E-state index is 10.3. The third-order valence-corrected chi connectivity index (χ3v) is 4.08. The Morgan fingerprint density at radius 3 is 2.50 bits per heavy atom. The summed E-state index contributed by atoms with van der Waals surface area (Å²) in [5.41, 5.74) is 3.25. The first kappa shape index (κ1) is 13.8. The van der Waals surface area contributed by atoms with Crippen LogP contribution in [-0.2, 0) is 6.42 Å². The van der Waals surface area contributed by atoms with Crippen LogP contribution in [0.4, 0.5) is 0 Å². The fourth-order valence-electron chi connectivity index (χ4n) is 1.83. The summed E-state index contributed by atoms with van der Waals surface area (Å²) in [6.45, 7) is 2.06. The summed E-state index contributed by atoms with van der Waals surface area (Å²) < 4.78 is 1.04. The molecule has 1 N–H and O–H groups in total. The fourth-order valence-corrected chi connectivity index (χ4v) is 2.70. The van der Waals surface area contributed by atoms with Gasteiger partial charge in [0.25, 0.3) is 0 Å². The predicted octanol–water partition coefficient (Wildman–Crippen LogP) is 4.53. The van der Waals surface area contributed by atoms with Gasteiger partial charge in [0.1, 0.15) is 0 Å². The van der Waals surface area contributed by atoms with E-state index in [0.717, 1.165) is 14.7 Å². The predicted molar refractivity (Wildman–Crippen MR) is 84.0 cm³/mol. The van der Waals surface area contributed by atoms with E-state index in [-0.39, 0.29) is 0 Å². The van der Waals surface area contributed by atoms with Gasteiger partial charge in [-0.15, -0.1) is 0 Å². The molecule has 1 unspecified atom stereocenters. The number of aryl methyl sites for hydroxylation is 1. The zero-order valence-corrected chi connectivity index (χ0v) is 12.9. The van der Waals surface area contributed by atoms with E-state index >= 15 is 0 Å². The van der Waals surface area contributed by atoms with E-state index in [0.29, 0.717) is 11.4 Å². The second kappa shape index (κ2) is 6.04. The number of hydrogen-bond donors (Lipinski definition) is 1. The smallest absolute Gasteiger partial charge is 0.0841 e. The van der Waals surface area contributed by atoms with Gasteiger partial charge in [-0.3, -0.25) is 0 Å². The first-order chi connectivity index (χ1) is 8.56. The van der Waals surface area contributed by atoms with Crippen molar-refractivity contribution in [3.63, 3.8) is 0 Å². The van der Waals surface area contributed by atoms with Crippen molar-refractivity contribution in [1.29, 1.82) is 0 Å². The van der Waals surface area contributed by atoms with Crippen LogP contribution < -0.4 is 0 Å². The Morgan fingerprint density at radius 2 is 1.83 bits per heavy atom. The van der Waals surface area contributed by atoms with Gasteiger partial charge in [0, 0.05) is 15.0 Å². The van der Waals surface area contributed by atoms with Crippen LogP contribution in [0.1, 0.15) is 22.8 Å². The summed E-state index contributed by atoms with van der Waals surface area (Å²) in [6, 6.07) is 13.8. The largest absolute Gasteiger partial charge is 0.388 e. The van der Waals surface area contributed by atoms with Gasteiger partial charge in [-0.05, 0) is 58.8 Å². The molecular formula is C15H14ClIO. The van der Waals surface area contributed by atoms with Gasteiger partial charge in [-0.1, -0.05) is 41.4 Å². The zero-order chi connectivity index (χ0) is 13.1. The lowest BCUT2D eigenvalue weighted by molar-refractivity contribution is 0.177. The van der Waals surface area contributed by atoms with Crippen molar-refractivity contribution in [3.05, 3.63) is 67.7 Å². The van der Waals surface area contributed by atoms with Crippen LogP contribution in [0.15, 0.2) is 42.5 Å². The molecule has 0 radical (unpaired) electrons. The average molecular weight is 373 g/mol. The highest BCUT2D eigenvalue weighted by Gasteiger charge is 2.12. The number of aliphatic hydroxyl groups excluding tert-OH is 1. The van der Waals surface area contributed by atoms with Crippen molar-refractivity contribution in [2.24, 2.45) is 0 Å². The third-order valence-electron chi connectivity index (χ3n) is 2.87. The molecule has 0 aliphatic heterocycles. The van der Waals surface area contributed by atoms with E-state index in [2.05, 4.69) is 53.8 Å². The Hall–Kier alpha value is -0.580. The first-order valence-electron chi connectivity index (χ1n) is 5.75. The SMILES string of the molecule is Cc1ccc(CC(O)c2cc(Cl)ccc2I)cc1. The molecule has 0 saturated carbocycles. The van der Waals surface area contributed by atoms with E-state index < -0.39 is 6.10 Å². The molecular weight excluding hydrogens is 359 g/mol. The Labute approximate surface area is 126 Å². The van der Waals surface area contributed by atoms with Crippen molar-refractivity contribution in [2.75, 3.05) is 0 Å². The van der Waals surface area contributed by atoms with Crippen molar-refractivity contribution in [2.45, 2.75) is 19.4 Å². The average Bonchev–Trinajstić information content (AvgIpc) is 2.35. The standard InChI is InChI=1S/C15H14ClIO/c1-10-2-4-11(5-3-10)8-15(18)13-9-12(16)6-7-14(13)17/h2-7,9,15,18H,8H2,1H3. The van der Waals surface area contributed by atoms with Gasteiger partial charge in [-0.2, -0.15) is 0 Å². The molecule has 0 aromatic heterocycles.